The molecular weight excluding hydrogens is 502 g/mol. The zero-order valence-electron chi connectivity index (χ0n) is 16.9. The van der Waals surface area contributed by atoms with Gasteiger partial charge in [-0.2, -0.15) is 0 Å². The van der Waals surface area contributed by atoms with Gasteiger partial charge in [-0.1, -0.05) is 11.2 Å². The van der Waals surface area contributed by atoms with Gasteiger partial charge in [0.15, 0.2) is 0 Å². The third-order valence-electron chi connectivity index (χ3n) is 5.47. The molecule has 3 heterocycles. The van der Waals surface area contributed by atoms with E-state index in [9.17, 15) is 18.9 Å². The van der Waals surface area contributed by atoms with E-state index in [0.29, 0.717) is 41.6 Å². The summed E-state index contributed by atoms with van der Waals surface area (Å²) in [5, 5.41) is 2.93. The molecule has 4 rings (SSSR count). The van der Waals surface area contributed by atoms with Gasteiger partial charge in [-0.3, -0.25) is 14.4 Å². The third kappa shape index (κ3) is 4.97. The van der Waals surface area contributed by atoms with Crippen LogP contribution in [0.25, 0.3) is 0 Å². The fraction of sp³-hybridized carbons (Fsp3) is 0.381. The van der Waals surface area contributed by atoms with E-state index in [4.69, 9.17) is 0 Å². The molecule has 3 amide bonds. The van der Waals surface area contributed by atoms with Crippen LogP contribution in [0.5, 0.6) is 0 Å². The molecule has 10 heteroatoms. The molecule has 2 aliphatic heterocycles. The number of thiophene rings is 1. The van der Waals surface area contributed by atoms with Crippen LogP contribution in [-0.2, 0) is 16.0 Å². The lowest BCUT2D eigenvalue weighted by Gasteiger charge is -2.29. The highest BCUT2D eigenvalue weighted by atomic mass is 79.9. The summed E-state index contributed by atoms with van der Waals surface area (Å²) in [5.74, 6) is 0.715. The van der Waals surface area contributed by atoms with Crippen molar-refractivity contribution < 1.29 is 18.9 Å². The molecule has 1 unspecified atom stereocenters. The van der Waals surface area contributed by atoms with Gasteiger partial charge in [-0.25, -0.2) is 0 Å². The van der Waals surface area contributed by atoms with Crippen LogP contribution in [0.2, 0.25) is 0 Å². The number of amides is 3. The van der Waals surface area contributed by atoms with Crippen LogP contribution >= 0.6 is 27.3 Å². The summed E-state index contributed by atoms with van der Waals surface area (Å²) < 4.78 is 12.4. The average Bonchev–Trinajstić information content (AvgIpc) is 3.33. The minimum atomic E-state index is -0.837. The molecule has 164 valence electrons. The first-order valence-electron chi connectivity index (χ1n) is 9.93. The molecule has 2 aromatic rings. The number of aryl methyl sites for hydroxylation is 1. The molecule has 2 fully saturated rings. The number of anilines is 1. The summed E-state index contributed by atoms with van der Waals surface area (Å²) in [5.41, 5.74) is 2.10. The quantitative estimate of drug-likeness (QED) is 0.623. The number of nitrogens with one attached hydrogen (secondary N) is 1. The zero-order valence-corrected chi connectivity index (χ0v) is 20.1. The van der Waals surface area contributed by atoms with E-state index in [1.54, 1.807) is 28.0 Å². The van der Waals surface area contributed by atoms with Gasteiger partial charge in [0.05, 0.1) is 27.8 Å². The smallest absolute Gasteiger partial charge is 0.261 e. The minimum absolute atomic E-state index is 0.0605. The molecule has 1 atom stereocenters. The highest BCUT2D eigenvalue weighted by Crippen LogP contribution is 2.26. The molecule has 7 nitrogen and oxygen atoms in total. The lowest BCUT2D eigenvalue weighted by Crippen LogP contribution is -2.43. The van der Waals surface area contributed by atoms with Crippen molar-refractivity contribution in [3.63, 3.8) is 0 Å². The molecule has 1 aromatic heterocycles. The van der Waals surface area contributed by atoms with Gasteiger partial charge in [-0.05, 0) is 58.7 Å². The maximum Gasteiger partial charge on any atom is 0.261 e. The molecule has 0 radical (unpaired) electrons. The molecule has 2 aliphatic rings. The standard InChI is InChI=1S/C21H22BrN3O4S2/c1-13-10-15(2-3-16(13)21(28)24-6-8-31(29)9-7-24)25-12-14(11-19(25)26)23-20(27)17-4-5-18(22)30-17/h2-5,10,14H,6-9,11-12H2,1H3,(H,23,27). The molecule has 1 aromatic carbocycles. The predicted octanol–water partition coefficient (Wildman–Crippen LogP) is 2.56. The Bertz CT molecular complexity index is 1020. The van der Waals surface area contributed by atoms with E-state index in [0.717, 1.165) is 15.0 Å². The van der Waals surface area contributed by atoms with Gasteiger partial charge in [0.1, 0.15) is 11.5 Å². The number of carbonyl (C=O) groups is 3. The van der Waals surface area contributed by atoms with E-state index in [-0.39, 0.29) is 30.2 Å². The van der Waals surface area contributed by atoms with Crippen LogP contribution in [0.3, 0.4) is 0 Å². The maximum atomic E-state index is 12.8. The Hall–Kier alpha value is -1.88. The van der Waals surface area contributed by atoms with Crippen molar-refractivity contribution in [2.45, 2.75) is 19.4 Å². The molecule has 0 bridgehead atoms. The second-order valence-electron chi connectivity index (χ2n) is 7.62. The number of benzene rings is 1. The molecule has 0 saturated carbocycles. The van der Waals surface area contributed by atoms with Crippen molar-refractivity contribution in [3.05, 3.63) is 50.1 Å². The van der Waals surface area contributed by atoms with Crippen molar-refractivity contribution in [2.24, 2.45) is 0 Å². The van der Waals surface area contributed by atoms with Gasteiger partial charge < -0.3 is 19.7 Å². The highest BCUT2D eigenvalue weighted by molar-refractivity contribution is 9.11. The van der Waals surface area contributed by atoms with E-state index in [1.807, 2.05) is 19.1 Å². The first-order valence-corrected chi connectivity index (χ1v) is 13.0. The average molecular weight is 524 g/mol. The Balaban J connectivity index is 1.42. The second kappa shape index (κ2) is 9.32. The van der Waals surface area contributed by atoms with Crippen LogP contribution < -0.4 is 10.2 Å². The van der Waals surface area contributed by atoms with E-state index in [2.05, 4.69) is 21.2 Å². The molecule has 0 spiro atoms. The first-order chi connectivity index (χ1) is 14.8. The molecule has 2 saturated heterocycles. The van der Waals surface area contributed by atoms with Crippen LogP contribution in [0.4, 0.5) is 5.69 Å². The van der Waals surface area contributed by atoms with Crippen molar-refractivity contribution in [1.82, 2.24) is 10.2 Å². The van der Waals surface area contributed by atoms with Crippen molar-refractivity contribution >= 4 is 61.9 Å². The predicted molar refractivity (Wildman–Crippen MR) is 125 cm³/mol. The summed E-state index contributed by atoms with van der Waals surface area (Å²) in [6, 6.07) is 8.67. The third-order valence-corrected chi connectivity index (χ3v) is 8.37. The Labute approximate surface area is 196 Å². The highest BCUT2D eigenvalue weighted by Gasteiger charge is 2.32. The van der Waals surface area contributed by atoms with E-state index >= 15 is 0 Å². The van der Waals surface area contributed by atoms with E-state index in [1.165, 1.54) is 11.3 Å². The summed E-state index contributed by atoms with van der Waals surface area (Å²) in [6.45, 7) is 3.24. The topological polar surface area (TPSA) is 92.8 Å². The van der Waals surface area contributed by atoms with Crippen LogP contribution in [0.1, 0.15) is 32.0 Å². The number of carbonyl (C=O) groups excluding carboxylic acids is 3. The summed E-state index contributed by atoms with van der Waals surface area (Å²) >= 11 is 3.86. The monoisotopic (exact) mass is 523 g/mol. The van der Waals surface area contributed by atoms with Crippen molar-refractivity contribution in [1.29, 1.82) is 0 Å². The van der Waals surface area contributed by atoms with Crippen LogP contribution in [-0.4, -0.2) is 64.4 Å². The maximum absolute atomic E-state index is 12.8. The minimum Gasteiger partial charge on any atom is -0.616 e. The van der Waals surface area contributed by atoms with Crippen molar-refractivity contribution in [2.75, 3.05) is 36.0 Å². The van der Waals surface area contributed by atoms with Gasteiger partial charge in [0, 0.05) is 24.2 Å². The summed E-state index contributed by atoms with van der Waals surface area (Å²) in [6.07, 6.45) is 0.239. The number of hydrogen-bond donors (Lipinski definition) is 1. The SMILES string of the molecule is Cc1cc(N2CC(NC(=O)c3ccc(Br)s3)CC2=O)ccc1C(=O)N1CC[S+]([O-])CC1. The number of halogens is 1. The molecule has 1 N–H and O–H groups in total. The first kappa shape index (κ1) is 22.3. The normalized spacial score (nSPS) is 19.7. The van der Waals surface area contributed by atoms with Crippen molar-refractivity contribution in [3.8, 4) is 0 Å². The number of nitrogens with zero attached hydrogens (tertiary/aromatic N) is 2. The second-order valence-corrected chi connectivity index (χ2v) is 11.8. The molecule has 0 aliphatic carbocycles. The lowest BCUT2D eigenvalue weighted by molar-refractivity contribution is -0.117. The Morgan fingerprint density at radius 2 is 1.97 bits per heavy atom. The van der Waals surface area contributed by atoms with Gasteiger partial charge >= 0.3 is 0 Å². The molecular formula is C21H22BrN3O4S2. The Morgan fingerprint density at radius 3 is 2.61 bits per heavy atom. The number of hydrogen-bond acceptors (Lipinski definition) is 5. The summed E-state index contributed by atoms with van der Waals surface area (Å²) in [4.78, 5) is 41.8. The van der Waals surface area contributed by atoms with E-state index < -0.39 is 11.2 Å². The zero-order chi connectivity index (χ0) is 22.1. The Kier molecular flexibility index (Phi) is 6.71. The number of rotatable bonds is 4. The largest absolute Gasteiger partial charge is 0.616 e. The van der Waals surface area contributed by atoms with Gasteiger partial charge in [-0.15, -0.1) is 11.3 Å². The van der Waals surface area contributed by atoms with Crippen LogP contribution in [0, 0.1) is 6.92 Å². The van der Waals surface area contributed by atoms with Gasteiger partial charge in [0.25, 0.3) is 11.8 Å². The Morgan fingerprint density at radius 1 is 1.23 bits per heavy atom. The fourth-order valence-corrected chi connectivity index (χ4v) is 6.16. The summed E-state index contributed by atoms with van der Waals surface area (Å²) in [7, 11) is 0. The van der Waals surface area contributed by atoms with Crippen LogP contribution in [0.15, 0.2) is 34.1 Å². The fourth-order valence-electron chi connectivity index (χ4n) is 3.81. The molecule has 31 heavy (non-hydrogen) atoms. The lowest BCUT2D eigenvalue weighted by atomic mass is 10.1. The van der Waals surface area contributed by atoms with Gasteiger partial charge in [0.2, 0.25) is 5.91 Å².